The first-order chi connectivity index (χ1) is 15.0. The summed E-state index contributed by atoms with van der Waals surface area (Å²) in [4.78, 5) is 13.5. The number of rotatable bonds is 7. The summed E-state index contributed by atoms with van der Waals surface area (Å²) < 4.78 is 1.99. The molecule has 4 rings (SSSR count). The van der Waals surface area contributed by atoms with Gasteiger partial charge in [0, 0.05) is 19.0 Å². The minimum atomic E-state index is -0.393. The molecule has 156 valence electrons. The Bertz CT molecular complexity index is 1170. The molecule has 0 spiro atoms. The van der Waals surface area contributed by atoms with Crippen LogP contribution in [0.5, 0.6) is 0 Å². The van der Waals surface area contributed by atoms with Crippen molar-refractivity contribution in [1.29, 1.82) is 0 Å². The molecule has 4 nitrogen and oxygen atoms in total. The van der Waals surface area contributed by atoms with Gasteiger partial charge in [-0.1, -0.05) is 102 Å². The van der Waals surface area contributed by atoms with E-state index in [2.05, 4.69) is 22.3 Å². The summed E-state index contributed by atoms with van der Waals surface area (Å²) in [7, 11) is 1.96. The second kappa shape index (κ2) is 9.31. The van der Waals surface area contributed by atoms with Crippen molar-refractivity contribution in [3.8, 4) is 0 Å². The normalized spacial score (nSPS) is 12.0. The maximum atomic E-state index is 13.5. The highest BCUT2D eigenvalue weighted by atomic mass is 32.2. The van der Waals surface area contributed by atoms with Crippen LogP contribution in [0.25, 0.3) is 0 Å². The first kappa shape index (κ1) is 21.1. The van der Waals surface area contributed by atoms with E-state index in [1.807, 2.05) is 92.2 Å². The number of hydrogen-bond donors (Lipinski definition) is 0. The summed E-state index contributed by atoms with van der Waals surface area (Å²) in [6.45, 7) is 4.07. The average Bonchev–Trinajstić information content (AvgIpc) is 3.12. The lowest BCUT2D eigenvalue weighted by Crippen LogP contribution is -2.11. The Morgan fingerprint density at radius 1 is 0.871 bits per heavy atom. The van der Waals surface area contributed by atoms with Crippen LogP contribution < -0.4 is 0 Å². The molecule has 5 heteroatoms. The standard InChI is InChI=1S/C26H25N3OS/c1-18-9-13-21(14-10-18)24(30)25(22-15-11-19(2)12-16-22)31-26-28-27-23(29(26)3)17-20-7-5-4-6-8-20/h4-16,25H,17H2,1-3H3. The molecule has 0 amide bonds. The highest BCUT2D eigenvalue weighted by Crippen LogP contribution is 2.37. The predicted octanol–water partition coefficient (Wildman–Crippen LogP) is 5.74. The van der Waals surface area contributed by atoms with Gasteiger partial charge in [0.2, 0.25) is 0 Å². The molecule has 0 saturated carbocycles. The van der Waals surface area contributed by atoms with Crippen molar-refractivity contribution in [1.82, 2.24) is 14.8 Å². The number of aryl methyl sites for hydroxylation is 2. The smallest absolute Gasteiger partial charge is 0.192 e. The molecule has 0 aliphatic rings. The fourth-order valence-electron chi connectivity index (χ4n) is 3.37. The lowest BCUT2D eigenvalue weighted by atomic mass is 10.0. The molecule has 0 bridgehead atoms. The van der Waals surface area contributed by atoms with E-state index in [0.29, 0.717) is 12.0 Å². The molecule has 0 saturated heterocycles. The van der Waals surface area contributed by atoms with Crippen LogP contribution in [0.4, 0.5) is 0 Å². The maximum absolute atomic E-state index is 13.5. The molecule has 0 fully saturated rings. The Kier molecular flexibility index (Phi) is 6.33. The van der Waals surface area contributed by atoms with Gasteiger partial charge in [-0.3, -0.25) is 4.79 Å². The van der Waals surface area contributed by atoms with Crippen molar-refractivity contribution in [3.05, 3.63) is 113 Å². The van der Waals surface area contributed by atoms with Crippen LogP contribution in [0.2, 0.25) is 0 Å². The number of carbonyl (C=O) groups is 1. The van der Waals surface area contributed by atoms with Crippen LogP contribution in [0, 0.1) is 13.8 Å². The minimum absolute atomic E-state index is 0.0708. The van der Waals surface area contributed by atoms with Gasteiger partial charge in [-0.2, -0.15) is 0 Å². The third-order valence-electron chi connectivity index (χ3n) is 5.31. The van der Waals surface area contributed by atoms with Gasteiger partial charge in [-0.15, -0.1) is 10.2 Å². The van der Waals surface area contributed by atoms with Crippen LogP contribution in [0.1, 0.15) is 43.7 Å². The van der Waals surface area contributed by atoms with Gasteiger partial charge >= 0.3 is 0 Å². The van der Waals surface area contributed by atoms with Gasteiger partial charge in [-0.25, -0.2) is 0 Å². The molecule has 0 aliphatic heterocycles. The zero-order chi connectivity index (χ0) is 21.8. The highest BCUT2D eigenvalue weighted by Gasteiger charge is 2.26. The summed E-state index contributed by atoms with van der Waals surface area (Å²) >= 11 is 1.45. The van der Waals surface area contributed by atoms with Crippen LogP contribution in [-0.4, -0.2) is 20.5 Å². The fourth-order valence-corrected chi connectivity index (χ4v) is 4.47. The van der Waals surface area contributed by atoms with E-state index < -0.39 is 5.25 Å². The molecular formula is C26H25N3OS. The van der Waals surface area contributed by atoms with Gasteiger partial charge in [-0.05, 0) is 25.0 Å². The number of nitrogens with zero attached hydrogens (tertiary/aromatic N) is 3. The van der Waals surface area contributed by atoms with Gasteiger partial charge < -0.3 is 4.57 Å². The second-order valence-corrected chi connectivity index (χ2v) is 8.83. The summed E-state index contributed by atoms with van der Waals surface area (Å²) in [5, 5.41) is 9.15. The number of ketones is 1. The number of thioether (sulfide) groups is 1. The van der Waals surface area contributed by atoms with E-state index in [-0.39, 0.29) is 5.78 Å². The molecule has 1 atom stereocenters. The van der Waals surface area contributed by atoms with E-state index in [4.69, 9.17) is 0 Å². The number of carbonyl (C=O) groups excluding carboxylic acids is 1. The maximum Gasteiger partial charge on any atom is 0.192 e. The third kappa shape index (κ3) is 4.94. The average molecular weight is 428 g/mol. The van der Waals surface area contributed by atoms with E-state index >= 15 is 0 Å². The minimum Gasteiger partial charge on any atom is -0.309 e. The summed E-state index contributed by atoms with van der Waals surface area (Å²) in [5.74, 6) is 0.945. The molecule has 1 unspecified atom stereocenters. The molecule has 1 aromatic heterocycles. The molecule has 31 heavy (non-hydrogen) atoms. The fraction of sp³-hybridized carbons (Fsp3) is 0.192. The van der Waals surface area contributed by atoms with Gasteiger partial charge in [0.1, 0.15) is 11.1 Å². The molecule has 3 aromatic carbocycles. The third-order valence-corrected chi connectivity index (χ3v) is 6.60. The highest BCUT2D eigenvalue weighted by molar-refractivity contribution is 8.00. The second-order valence-electron chi connectivity index (χ2n) is 7.76. The first-order valence-electron chi connectivity index (χ1n) is 10.3. The van der Waals surface area contributed by atoms with Gasteiger partial charge in [0.15, 0.2) is 10.9 Å². The topological polar surface area (TPSA) is 47.8 Å². The largest absolute Gasteiger partial charge is 0.309 e. The van der Waals surface area contributed by atoms with Gasteiger partial charge in [0.05, 0.1) is 0 Å². The molecule has 4 aromatic rings. The van der Waals surface area contributed by atoms with Crippen molar-refractivity contribution in [2.45, 2.75) is 30.7 Å². The lowest BCUT2D eigenvalue weighted by molar-refractivity contribution is 0.0989. The van der Waals surface area contributed by atoms with E-state index in [1.165, 1.54) is 22.9 Å². The number of aromatic nitrogens is 3. The molecule has 0 aliphatic carbocycles. The van der Waals surface area contributed by atoms with Crippen molar-refractivity contribution in [2.24, 2.45) is 7.05 Å². The van der Waals surface area contributed by atoms with Crippen molar-refractivity contribution < 1.29 is 4.79 Å². The molecule has 1 heterocycles. The van der Waals surface area contributed by atoms with Crippen LogP contribution >= 0.6 is 11.8 Å². The van der Waals surface area contributed by atoms with Crippen molar-refractivity contribution >= 4 is 17.5 Å². The Morgan fingerprint density at radius 3 is 2.13 bits per heavy atom. The Balaban J connectivity index is 1.64. The zero-order valence-electron chi connectivity index (χ0n) is 17.9. The van der Waals surface area contributed by atoms with E-state index in [0.717, 1.165) is 22.1 Å². The molecule has 0 N–H and O–H groups in total. The van der Waals surface area contributed by atoms with Crippen LogP contribution in [0.3, 0.4) is 0 Å². The van der Waals surface area contributed by atoms with Crippen molar-refractivity contribution in [3.63, 3.8) is 0 Å². The number of benzene rings is 3. The monoisotopic (exact) mass is 427 g/mol. The number of Topliss-reactive ketones (excluding diaryl/α,β-unsaturated/α-hetero) is 1. The summed E-state index contributed by atoms with van der Waals surface area (Å²) in [6.07, 6.45) is 0.700. The van der Waals surface area contributed by atoms with E-state index in [1.54, 1.807) is 0 Å². The SMILES string of the molecule is Cc1ccc(C(=O)C(Sc2nnc(Cc3ccccc3)n2C)c2ccc(C)cc2)cc1. The zero-order valence-corrected chi connectivity index (χ0v) is 18.8. The van der Waals surface area contributed by atoms with E-state index in [9.17, 15) is 4.79 Å². The Labute approximate surface area is 187 Å². The summed E-state index contributed by atoms with van der Waals surface area (Å²) in [6, 6.07) is 26.1. The van der Waals surface area contributed by atoms with Gasteiger partial charge in [0.25, 0.3) is 0 Å². The predicted molar refractivity (Wildman–Crippen MR) is 126 cm³/mol. The quantitative estimate of drug-likeness (QED) is 0.279. The van der Waals surface area contributed by atoms with Crippen molar-refractivity contribution in [2.75, 3.05) is 0 Å². The lowest BCUT2D eigenvalue weighted by Gasteiger charge is -2.16. The molecular weight excluding hydrogens is 402 g/mol. The summed E-state index contributed by atoms with van der Waals surface area (Å²) in [5.41, 5.74) is 5.15. The number of hydrogen-bond acceptors (Lipinski definition) is 4. The Morgan fingerprint density at radius 2 is 1.48 bits per heavy atom. The first-order valence-corrected chi connectivity index (χ1v) is 11.2. The van der Waals surface area contributed by atoms with Crippen LogP contribution in [0.15, 0.2) is 84.0 Å². The van der Waals surface area contributed by atoms with Crippen LogP contribution in [-0.2, 0) is 13.5 Å². The molecule has 0 radical (unpaired) electrons. The Hall–Kier alpha value is -3.18.